The molecule has 19 heavy (non-hydrogen) atoms. The Balaban J connectivity index is 1.82. The second kappa shape index (κ2) is 6.52. The van der Waals surface area contributed by atoms with Crippen molar-refractivity contribution in [2.45, 2.75) is 25.3 Å². The molecule has 0 N–H and O–H groups in total. The molecule has 0 saturated carbocycles. The molecule has 0 aliphatic carbocycles. The van der Waals surface area contributed by atoms with E-state index in [4.69, 9.17) is 16.3 Å². The highest BCUT2D eigenvalue weighted by Crippen LogP contribution is 2.20. The minimum atomic E-state index is -0.277. The van der Waals surface area contributed by atoms with Crippen LogP contribution in [-0.2, 0) is 6.54 Å². The van der Waals surface area contributed by atoms with E-state index in [9.17, 15) is 4.39 Å². The summed E-state index contributed by atoms with van der Waals surface area (Å²) in [4.78, 5) is 0. The van der Waals surface area contributed by atoms with Gasteiger partial charge in [0.25, 0.3) is 0 Å². The SMILES string of the molecule is CCC(Cl)c1cn(CCOc2ccc(F)cc2)nn1. The van der Waals surface area contributed by atoms with Gasteiger partial charge < -0.3 is 4.74 Å². The zero-order chi connectivity index (χ0) is 13.7. The highest BCUT2D eigenvalue weighted by atomic mass is 35.5. The molecule has 0 bridgehead atoms. The van der Waals surface area contributed by atoms with E-state index in [1.165, 1.54) is 12.1 Å². The molecule has 2 aromatic rings. The first kappa shape index (κ1) is 13.8. The summed E-state index contributed by atoms with van der Waals surface area (Å²) in [7, 11) is 0. The topological polar surface area (TPSA) is 39.9 Å². The van der Waals surface area contributed by atoms with Gasteiger partial charge in [0.1, 0.15) is 23.9 Å². The number of alkyl halides is 1. The van der Waals surface area contributed by atoms with Crippen LogP contribution in [0, 0.1) is 5.82 Å². The maximum absolute atomic E-state index is 12.7. The molecule has 0 fully saturated rings. The summed E-state index contributed by atoms with van der Waals surface area (Å²) in [6, 6.07) is 5.91. The molecule has 0 amide bonds. The second-order valence-electron chi connectivity index (χ2n) is 4.08. The van der Waals surface area contributed by atoms with E-state index in [1.807, 2.05) is 13.1 Å². The fourth-order valence-corrected chi connectivity index (χ4v) is 1.66. The van der Waals surface area contributed by atoms with Crippen LogP contribution >= 0.6 is 11.6 Å². The van der Waals surface area contributed by atoms with E-state index < -0.39 is 0 Å². The van der Waals surface area contributed by atoms with Crippen LogP contribution in [0.25, 0.3) is 0 Å². The highest BCUT2D eigenvalue weighted by molar-refractivity contribution is 6.20. The maximum Gasteiger partial charge on any atom is 0.123 e. The lowest BCUT2D eigenvalue weighted by Gasteiger charge is -2.05. The lowest BCUT2D eigenvalue weighted by atomic mass is 10.3. The van der Waals surface area contributed by atoms with Crippen LogP contribution in [0.4, 0.5) is 4.39 Å². The van der Waals surface area contributed by atoms with Crippen LogP contribution in [-0.4, -0.2) is 21.6 Å². The van der Waals surface area contributed by atoms with Crippen molar-refractivity contribution in [3.8, 4) is 5.75 Å². The molecule has 1 atom stereocenters. The molecule has 1 aromatic carbocycles. The molecule has 0 saturated heterocycles. The first-order valence-electron chi connectivity index (χ1n) is 6.11. The van der Waals surface area contributed by atoms with Crippen LogP contribution in [0.2, 0.25) is 0 Å². The fraction of sp³-hybridized carbons (Fsp3) is 0.385. The lowest BCUT2D eigenvalue weighted by molar-refractivity contribution is 0.289. The molecule has 0 radical (unpaired) electrons. The van der Waals surface area contributed by atoms with Gasteiger partial charge in [0.05, 0.1) is 18.1 Å². The smallest absolute Gasteiger partial charge is 0.123 e. The second-order valence-corrected chi connectivity index (χ2v) is 4.61. The van der Waals surface area contributed by atoms with Crippen LogP contribution in [0.5, 0.6) is 5.75 Å². The van der Waals surface area contributed by atoms with E-state index >= 15 is 0 Å². The number of hydrogen-bond donors (Lipinski definition) is 0. The van der Waals surface area contributed by atoms with E-state index in [1.54, 1.807) is 16.8 Å². The number of rotatable bonds is 6. The third-order valence-electron chi connectivity index (χ3n) is 2.64. The molecule has 1 heterocycles. The minimum Gasteiger partial charge on any atom is -0.492 e. The summed E-state index contributed by atoms with van der Waals surface area (Å²) in [5.41, 5.74) is 0.769. The van der Waals surface area contributed by atoms with Crippen molar-refractivity contribution in [1.29, 1.82) is 0 Å². The standard InChI is InChI=1S/C13H15ClFN3O/c1-2-12(14)13-9-18(17-16-13)7-8-19-11-5-3-10(15)4-6-11/h3-6,9,12H,2,7-8H2,1H3. The van der Waals surface area contributed by atoms with Crippen LogP contribution in [0.3, 0.4) is 0 Å². The fourth-order valence-electron chi connectivity index (χ4n) is 1.56. The van der Waals surface area contributed by atoms with E-state index in [2.05, 4.69) is 10.3 Å². The predicted molar refractivity (Wildman–Crippen MR) is 70.8 cm³/mol. The average Bonchev–Trinajstić information content (AvgIpc) is 2.89. The Morgan fingerprint density at radius 1 is 1.37 bits per heavy atom. The van der Waals surface area contributed by atoms with Crippen molar-refractivity contribution in [1.82, 2.24) is 15.0 Å². The Hall–Kier alpha value is -1.62. The molecule has 0 aliphatic heterocycles. The van der Waals surface area contributed by atoms with Crippen molar-refractivity contribution in [3.63, 3.8) is 0 Å². The number of aromatic nitrogens is 3. The van der Waals surface area contributed by atoms with Crippen molar-refractivity contribution >= 4 is 11.6 Å². The zero-order valence-electron chi connectivity index (χ0n) is 10.6. The van der Waals surface area contributed by atoms with Gasteiger partial charge in [-0.05, 0) is 30.7 Å². The van der Waals surface area contributed by atoms with Gasteiger partial charge in [0.15, 0.2) is 0 Å². The Labute approximate surface area is 116 Å². The molecular weight excluding hydrogens is 269 g/mol. The number of benzene rings is 1. The Bertz CT molecular complexity index is 515. The van der Waals surface area contributed by atoms with E-state index in [-0.39, 0.29) is 11.2 Å². The van der Waals surface area contributed by atoms with Crippen molar-refractivity contribution in [2.75, 3.05) is 6.61 Å². The van der Waals surface area contributed by atoms with Gasteiger partial charge in [-0.25, -0.2) is 9.07 Å². The monoisotopic (exact) mass is 283 g/mol. The van der Waals surface area contributed by atoms with E-state index in [0.717, 1.165) is 12.1 Å². The molecule has 1 unspecified atom stereocenters. The van der Waals surface area contributed by atoms with Crippen molar-refractivity contribution < 1.29 is 9.13 Å². The molecule has 1 aromatic heterocycles. The molecule has 6 heteroatoms. The predicted octanol–water partition coefficient (Wildman–Crippen LogP) is 3.19. The number of halogens is 2. The lowest BCUT2D eigenvalue weighted by Crippen LogP contribution is -2.08. The Kier molecular flexibility index (Phi) is 4.74. The normalized spacial score (nSPS) is 12.4. The van der Waals surface area contributed by atoms with Crippen LogP contribution < -0.4 is 4.74 Å². The first-order valence-corrected chi connectivity index (χ1v) is 6.55. The van der Waals surface area contributed by atoms with E-state index in [0.29, 0.717) is 18.9 Å². The van der Waals surface area contributed by atoms with Gasteiger partial charge in [0, 0.05) is 0 Å². The highest BCUT2D eigenvalue weighted by Gasteiger charge is 2.09. The molecule has 0 spiro atoms. The summed E-state index contributed by atoms with van der Waals surface area (Å²) in [6.07, 6.45) is 2.63. The summed E-state index contributed by atoms with van der Waals surface area (Å²) in [6.45, 7) is 3.00. The quantitative estimate of drug-likeness (QED) is 0.765. The van der Waals surface area contributed by atoms with Gasteiger partial charge >= 0.3 is 0 Å². The molecular formula is C13H15ClFN3O. The van der Waals surface area contributed by atoms with Gasteiger partial charge in [-0.2, -0.15) is 0 Å². The largest absolute Gasteiger partial charge is 0.492 e. The van der Waals surface area contributed by atoms with Crippen molar-refractivity contribution in [2.24, 2.45) is 0 Å². The minimum absolute atomic E-state index is 0.105. The number of nitrogens with zero attached hydrogens (tertiary/aromatic N) is 3. The number of hydrogen-bond acceptors (Lipinski definition) is 3. The van der Waals surface area contributed by atoms with Gasteiger partial charge in [-0.1, -0.05) is 12.1 Å². The molecule has 4 nitrogen and oxygen atoms in total. The van der Waals surface area contributed by atoms with Gasteiger partial charge in [-0.3, -0.25) is 0 Å². The van der Waals surface area contributed by atoms with Crippen molar-refractivity contribution in [3.05, 3.63) is 42.0 Å². The summed E-state index contributed by atoms with van der Waals surface area (Å²) >= 11 is 6.07. The van der Waals surface area contributed by atoms with Crippen LogP contribution in [0.1, 0.15) is 24.4 Å². The third-order valence-corrected chi connectivity index (χ3v) is 3.17. The Morgan fingerprint density at radius 2 is 2.11 bits per heavy atom. The summed E-state index contributed by atoms with van der Waals surface area (Å²) < 4.78 is 19.9. The third kappa shape index (κ3) is 3.92. The first-order chi connectivity index (χ1) is 9.19. The maximum atomic E-state index is 12.7. The van der Waals surface area contributed by atoms with Gasteiger partial charge in [0.2, 0.25) is 0 Å². The summed E-state index contributed by atoms with van der Waals surface area (Å²) in [5, 5.41) is 7.87. The number of ether oxygens (including phenoxy) is 1. The van der Waals surface area contributed by atoms with Crippen LogP contribution in [0.15, 0.2) is 30.5 Å². The summed E-state index contributed by atoms with van der Waals surface area (Å²) in [5.74, 6) is 0.353. The van der Waals surface area contributed by atoms with Gasteiger partial charge in [-0.15, -0.1) is 16.7 Å². The Morgan fingerprint density at radius 3 is 2.79 bits per heavy atom. The molecule has 2 rings (SSSR count). The average molecular weight is 284 g/mol. The zero-order valence-corrected chi connectivity index (χ0v) is 11.3. The molecule has 0 aliphatic rings. The molecule has 102 valence electrons.